The molecule has 0 aromatic heterocycles. The second kappa shape index (κ2) is 9.65. The molecule has 2 unspecified atom stereocenters. The Hall–Kier alpha value is -2.66. The maximum Gasteiger partial charge on any atom is 0.336 e. The first-order valence-corrected chi connectivity index (χ1v) is 11.3. The van der Waals surface area contributed by atoms with Crippen LogP contribution in [0.3, 0.4) is 0 Å². The fourth-order valence-electron chi connectivity index (χ4n) is 3.31. The summed E-state index contributed by atoms with van der Waals surface area (Å²) >= 11 is 0. The molecule has 168 valence electrons. The van der Waals surface area contributed by atoms with Gasteiger partial charge in [-0.3, -0.25) is 0 Å². The molecule has 3 rings (SSSR count). The number of carboxylic acids is 1. The molecular formula is C21H25NO8S. The van der Waals surface area contributed by atoms with Crippen molar-refractivity contribution in [3.05, 3.63) is 54.1 Å². The van der Waals surface area contributed by atoms with Gasteiger partial charge >= 0.3 is 5.97 Å². The van der Waals surface area contributed by atoms with E-state index in [1.165, 1.54) is 24.3 Å². The third kappa shape index (κ3) is 6.17. The normalized spacial score (nSPS) is 19.7. The zero-order chi connectivity index (χ0) is 22.5. The van der Waals surface area contributed by atoms with Gasteiger partial charge in [0, 0.05) is 13.0 Å². The number of sulfonamides is 1. The Bertz CT molecular complexity index is 1000. The third-order valence-corrected chi connectivity index (χ3v) is 5.85. The number of rotatable bonds is 10. The van der Waals surface area contributed by atoms with Crippen LogP contribution in [0, 0.1) is 0 Å². The molecule has 1 aliphatic heterocycles. The summed E-state index contributed by atoms with van der Waals surface area (Å²) in [6.45, 7) is 0.323. The Kier molecular flexibility index (Phi) is 7.16. The van der Waals surface area contributed by atoms with E-state index >= 15 is 0 Å². The van der Waals surface area contributed by atoms with E-state index in [1.807, 2.05) is 6.07 Å². The number of aliphatic hydroxyl groups is 1. The topological polar surface area (TPSA) is 145 Å². The predicted octanol–water partition coefficient (Wildman–Crippen LogP) is 1.33. The van der Waals surface area contributed by atoms with Crippen LogP contribution in [-0.4, -0.2) is 56.1 Å². The van der Waals surface area contributed by atoms with E-state index in [1.54, 1.807) is 18.2 Å². The molecule has 2 atom stereocenters. The van der Waals surface area contributed by atoms with Gasteiger partial charge in [-0.25, -0.2) is 18.4 Å². The number of nitrogens with two attached hydrogens (primary N) is 1. The number of carbonyl (C=O) groups is 1. The first kappa shape index (κ1) is 23.0. The van der Waals surface area contributed by atoms with Gasteiger partial charge in [0.2, 0.25) is 10.0 Å². The Morgan fingerprint density at radius 1 is 1.13 bits per heavy atom. The molecule has 0 spiro atoms. The first-order chi connectivity index (χ1) is 14.7. The standard InChI is InChI=1S/C21H25NO8S/c22-31(26,27)19-7-5-17(6-8-19)28-13-16(23)14-29-18-4-1-3-15(11-18)12-21(20(24)25)9-2-10-30-21/h1,3-8,11,16,23H,2,9-10,12-14H2,(H,24,25)(H2,22,26,27). The minimum absolute atomic E-state index is 0.0312. The Morgan fingerprint density at radius 2 is 1.81 bits per heavy atom. The smallest absolute Gasteiger partial charge is 0.336 e. The molecule has 0 radical (unpaired) electrons. The van der Waals surface area contributed by atoms with Crippen LogP contribution in [0.2, 0.25) is 0 Å². The van der Waals surface area contributed by atoms with Crippen LogP contribution in [0.5, 0.6) is 11.5 Å². The number of hydrogen-bond donors (Lipinski definition) is 3. The van der Waals surface area contributed by atoms with Crippen molar-refractivity contribution >= 4 is 16.0 Å². The van der Waals surface area contributed by atoms with Gasteiger partial charge in [0.15, 0.2) is 5.60 Å². The number of carboxylic acid groups (broad SMARTS) is 1. The van der Waals surface area contributed by atoms with Gasteiger partial charge in [-0.15, -0.1) is 0 Å². The lowest BCUT2D eigenvalue weighted by Gasteiger charge is -2.23. The Labute approximate surface area is 180 Å². The van der Waals surface area contributed by atoms with Crippen molar-refractivity contribution in [1.29, 1.82) is 0 Å². The van der Waals surface area contributed by atoms with E-state index in [0.29, 0.717) is 30.9 Å². The molecule has 2 aromatic carbocycles. The molecule has 0 bridgehead atoms. The second-order valence-electron chi connectivity index (χ2n) is 7.37. The van der Waals surface area contributed by atoms with Crippen LogP contribution >= 0.6 is 0 Å². The largest absolute Gasteiger partial charge is 0.491 e. The third-order valence-electron chi connectivity index (χ3n) is 4.92. The van der Waals surface area contributed by atoms with Gasteiger partial charge in [-0.1, -0.05) is 12.1 Å². The summed E-state index contributed by atoms with van der Waals surface area (Å²) in [4.78, 5) is 11.6. The average molecular weight is 451 g/mol. The highest BCUT2D eigenvalue weighted by atomic mass is 32.2. The van der Waals surface area contributed by atoms with Crippen LogP contribution in [0.4, 0.5) is 0 Å². The molecule has 4 N–H and O–H groups in total. The van der Waals surface area contributed by atoms with Crippen molar-refractivity contribution in [3.63, 3.8) is 0 Å². The average Bonchev–Trinajstić information content (AvgIpc) is 3.20. The summed E-state index contributed by atoms with van der Waals surface area (Å²) in [7, 11) is -3.78. The molecule has 1 aliphatic rings. The highest BCUT2D eigenvalue weighted by Crippen LogP contribution is 2.31. The van der Waals surface area contributed by atoms with Crippen LogP contribution in [0.15, 0.2) is 53.4 Å². The van der Waals surface area contributed by atoms with E-state index in [0.717, 1.165) is 5.56 Å². The lowest BCUT2D eigenvalue weighted by atomic mass is 9.91. The van der Waals surface area contributed by atoms with Crippen molar-refractivity contribution in [1.82, 2.24) is 0 Å². The Morgan fingerprint density at radius 3 is 2.39 bits per heavy atom. The summed E-state index contributed by atoms with van der Waals surface area (Å²) in [6.07, 6.45) is 0.464. The number of primary sulfonamides is 1. The van der Waals surface area contributed by atoms with E-state index in [4.69, 9.17) is 19.3 Å². The number of aliphatic carboxylic acids is 1. The highest BCUT2D eigenvalue weighted by molar-refractivity contribution is 7.89. The molecule has 31 heavy (non-hydrogen) atoms. The van der Waals surface area contributed by atoms with Crippen molar-refractivity contribution in [2.75, 3.05) is 19.8 Å². The summed E-state index contributed by atoms with van der Waals surface area (Å²) < 4.78 is 39.0. The summed E-state index contributed by atoms with van der Waals surface area (Å²) in [5, 5.41) is 24.7. The maximum atomic E-state index is 11.6. The van der Waals surface area contributed by atoms with Crippen molar-refractivity contribution in [3.8, 4) is 11.5 Å². The predicted molar refractivity (Wildman–Crippen MR) is 111 cm³/mol. The summed E-state index contributed by atoms with van der Waals surface area (Å²) in [5.74, 6) is -0.0995. The van der Waals surface area contributed by atoms with Crippen LogP contribution in [0.1, 0.15) is 18.4 Å². The van der Waals surface area contributed by atoms with Gasteiger partial charge in [-0.05, 0) is 54.8 Å². The van der Waals surface area contributed by atoms with E-state index in [2.05, 4.69) is 0 Å². The molecule has 1 saturated heterocycles. The molecule has 10 heteroatoms. The number of ether oxygens (including phenoxy) is 3. The molecule has 1 heterocycles. The lowest BCUT2D eigenvalue weighted by molar-refractivity contribution is -0.159. The molecule has 1 fully saturated rings. The number of benzene rings is 2. The zero-order valence-corrected chi connectivity index (χ0v) is 17.6. The maximum absolute atomic E-state index is 11.6. The summed E-state index contributed by atoms with van der Waals surface area (Å²) in [5.41, 5.74) is -0.437. The molecule has 0 aliphatic carbocycles. The molecule has 2 aromatic rings. The minimum atomic E-state index is -3.78. The van der Waals surface area contributed by atoms with E-state index in [9.17, 15) is 23.4 Å². The van der Waals surface area contributed by atoms with Crippen LogP contribution in [-0.2, 0) is 26.0 Å². The SMILES string of the molecule is NS(=O)(=O)c1ccc(OCC(O)COc2cccc(CC3(C(=O)O)CCCO3)c2)cc1. The summed E-state index contributed by atoms with van der Waals surface area (Å²) in [6, 6.07) is 12.5. The van der Waals surface area contributed by atoms with Gasteiger partial charge in [-0.2, -0.15) is 0 Å². The molecule has 9 nitrogen and oxygen atoms in total. The quantitative estimate of drug-likeness (QED) is 0.490. The lowest BCUT2D eigenvalue weighted by Crippen LogP contribution is -2.40. The first-order valence-electron chi connectivity index (χ1n) is 9.71. The van der Waals surface area contributed by atoms with Crippen molar-refractivity contribution in [2.45, 2.75) is 35.9 Å². The number of aliphatic hydroxyl groups excluding tert-OH is 1. The fraction of sp³-hybridized carbons (Fsp3) is 0.381. The van der Waals surface area contributed by atoms with Crippen LogP contribution in [0.25, 0.3) is 0 Å². The zero-order valence-electron chi connectivity index (χ0n) is 16.8. The highest BCUT2D eigenvalue weighted by Gasteiger charge is 2.42. The minimum Gasteiger partial charge on any atom is -0.491 e. The molecular weight excluding hydrogens is 426 g/mol. The second-order valence-corrected chi connectivity index (χ2v) is 8.93. The number of hydrogen-bond acceptors (Lipinski definition) is 7. The van der Waals surface area contributed by atoms with Gasteiger partial charge in [0.25, 0.3) is 0 Å². The molecule has 0 amide bonds. The molecule has 0 saturated carbocycles. The van der Waals surface area contributed by atoms with Crippen molar-refractivity contribution < 1.29 is 37.6 Å². The van der Waals surface area contributed by atoms with Gasteiger partial charge in [0.1, 0.15) is 30.8 Å². The van der Waals surface area contributed by atoms with Crippen LogP contribution < -0.4 is 14.6 Å². The Balaban J connectivity index is 1.50. The van der Waals surface area contributed by atoms with Crippen molar-refractivity contribution in [2.24, 2.45) is 5.14 Å². The fourth-order valence-corrected chi connectivity index (χ4v) is 3.83. The van der Waals surface area contributed by atoms with Gasteiger partial charge < -0.3 is 24.4 Å². The van der Waals surface area contributed by atoms with Gasteiger partial charge in [0.05, 0.1) is 4.90 Å². The monoisotopic (exact) mass is 451 g/mol. The van der Waals surface area contributed by atoms with E-state index < -0.39 is 27.7 Å². The van der Waals surface area contributed by atoms with E-state index in [-0.39, 0.29) is 24.5 Å².